The van der Waals surface area contributed by atoms with Gasteiger partial charge in [-0.2, -0.15) is 11.3 Å². The second-order valence-corrected chi connectivity index (χ2v) is 6.93. The van der Waals surface area contributed by atoms with Gasteiger partial charge in [-0.05, 0) is 24.3 Å². The van der Waals surface area contributed by atoms with E-state index >= 15 is 0 Å². The average Bonchev–Trinajstić information content (AvgIpc) is 3.23. The summed E-state index contributed by atoms with van der Waals surface area (Å²) in [6.45, 7) is -0.0251. The Morgan fingerprint density at radius 1 is 1.27 bits per heavy atom. The minimum atomic E-state index is -0.278. The smallest absolute Gasteiger partial charge is 0.245 e. The summed E-state index contributed by atoms with van der Waals surface area (Å²) < 4.78 is 0. The Bertz CT molecular complexity index is 648. The minimum absolute atomic E-state index is 0.0242. The number of thiophene rings is 1. The van der Waals surface area contributed by atoms with Crippen molar-refractivity contribution in [3.05, 3.63) is 16.8 Å². The fourth-order valence-electron chi connectivity index (χ4n) is 2.44. The van der Waals surface area contributed by atoms with Gasteiger partial charge in [0.15, 0.2) is 0 Å². The number of hydrogen-bond acceptors (Lipinski definition) is 6. The molecule has 0 saturated heterocycles. The van der Waals surface area contributed by atoms with Crippen LogP contribution in [0.3, 0.4) is 0 Å². The van der Waals surface area contributed by atoms with Crippen LogP contribution in [0.2, 0.25) is 0 Å². The fraction of sp³-hybridized carbons (Fsp3) is 0.429. The van der Waals surface area contributed by atoms with Crippen LogP contribution in [0.15, 0.2) is 16.8 Å². The van der Waals surface area contributed by atoms with E-state index in [1.54, 1.807) is 11.3 Å². The lowest BCUT2D eigenvalue weighted by Gasteiger charge is -2.09. The van der Waals surface area contributed by atoms with E-state index in [0.717, 1.165) is 36.3 Å². The third-order valence-electron chi connectivity index (χ3n) is 3.59. The highest BCUT2D eigenvalue weighted by Crippen LogP contribution is 2.27. The van der Waals surface area contributed by atoms with Crippen LogP contribution in [0.4, 0.5) is 5.13 Å². The van der Waals surface area contributed by atoms with Gasteiger partial charge < -0.3 is 5.32 Å². The Morgan fingerprint density at radius 2 is 2.09 bits per heavy atom. The molecule has 22 heavy (non-hydrogen) atoms. The Hall–Kier alpha value is -1.80. The summed E-state index contributed by atoms with van der Waals surface area (Å²) in [6, 6.07) is 1.96. The summed E-state index contributed by atoms with van der Waals surface area (Å²) >= 11 is 2.90. The molecule has 2 aromatic rings. The van der Waals surface area contributed by atoms with E-state index in [4.69, 9.17) is 0 Å². The van der Waals surface area contributed by atoms with Crippen LogP contribution in [0.1, 0.15) is 25.7 Å². The summed E-state index contributed by atoms with van der Waals surface area (Å²) in [5.74, 6) is -0.234. The first kappa shape index (κ1) is 15.1. The van der Waals surface area contributed by atoms with Gasteiger partial charge in [0.25, 0.3) is 0 Å². The maximum atomic E-state index is 11.8. The Balaban J connectivity index is 1.48. The van der Waals surface area contributed by atoms with Crippen LogP contribution in [-0.4, -0.2) is 28.6 Å². The predicted molar refractivity (Wildman–Crippen MR) is 86.8 cm³/mol. The summed E-state index contributed by atoms with van der Waals surface area (Å²) in [5.41, 5.74) is 0.998. The van der Waals surface area contributed by atoms with Gasteiger partial charge in [0.1, 0.15) is 5.01 Å². The van der Waals surface area contributed by atoms with Crippen molar-refractivity contribution in [3.63, 3.8) is 0 Å². The predicted octanol–water partition coefficient (Wildman–Crippen LogP) is 2.51. The van der Waals surface area contributed by atoms with Gasteiger partial charge in [-0.3, -0.25) is 14.9 Å². The number of anilines is 1. The molecule has 3 rings (SSSR count). The van der Waals surface area contributed by atoms with Crippen molar-refractivity contribution < 1.29 is 9.59 Å². The summed E-state index contributed by atoms with van der Waals surface area (Å²) in [6.07, 6.45) is 4.04. The lowest BCUT2D eigenvalue weighted by Crippen LogP contribution is -2.36. The van der Waals surface area contributed by atoms with Crippen LogP contribution >= 0.6 is 22.7 Å². The number of amides is 2. The molecule has 0 bridgehead atoms. The van der Waals surface area contributed by atoms with Gasteiger partial charge in [-0.1, -0.05) is 24.2 Å². The number of hydrogen-bond donors (Lipinski definition) is 2. The second-order valence-electron chi connectivity index (χ2n) is 5.17. The highest BCUT2D eigenvalue weighted by Gasteiger charge is 2.22. The van der Waals surface area contributed by atoms with Gasteiger partial charge in [0.2, 0.25) is 16.9 Å². The molecule has 1 aliphatic carbocycles. The van der Waals surface area contributed by atoms with Gasteiger partial charge in [-0.15, -0.1) is 10.2 Å². The highest BCUT2D eigenvalue weighted by atomic mass is 32.1. The van der Waals surface area contributed by atoms with E-state index < -0.39 is 0 Å². The molecule has 1 saturated carbocycles. The lowest BCUT2D eigenvalue weighted by atomic mass is 10.1. The molecule has 8 heteroatoms. The largest absolute Gasteiger partial charge is 0.347 e. The van der Waals surface area contributed by atoms with Crippen molar-refractivity contribution >= 4 is 39.6 Å². The van der Waals surface area contributed by atoms with Gasteiger partial charge in [0.05, 0.1) is 6.54 Å². The van der Waals surface area contributed by atoms with Crippen molar-refractivity contribution in [2.24, 2.45) is 5.92 Å². The van der Waals surface area contributed by atoms with Crippen molar-refractivity contribution in [2.45, 2.75) is 25.7 Å². The molecule has 2 heterocycles. The first-order valence-corrected chi connectivity index (χ1v) is 8.92. The Morgan fingerprint density at radius 3 is 2.82 bits per heavy atom. The van der Waals surface area contributed by atoms with Gasteiger partial charge in [0, 0.05) is 16.9 Å². The minimum Gasteiger partial charge on any atom is -0.347 e. The van der Waals surface area contributed by atoms with E-state index in [0.29, 0.717) is 5.13 Å². The molecule has 0 unspecified atom stereocenters. The first-order chi connectivity index (χ1) is 10.7. The zero-order valence-electron chi connectivity index (χ0n) is 11.9. The molecular formula is C14H16N4O2S2. The standard InChI is InChI=1S/C14H16N4O2S2/c19-11(7-15-12(20)9-3-1-2-4-9)16-14-18-17-13(22-14)10-5-6-21-8-10/h5-6,8-9H,1-4,7H2,(H,15,20)(H,16,18,19). The normalized spacial score (nSPS) is 14.9. The molecule has 1 fully saturated rings. The van der Waals surface area contributed by atoms with Crippen LogP contribution in [0, 0.1) is 5.92 Å². The number of carbonyl (C=O) groups excluding carboxylic acids is 2. The second kappa shape index (κ2) is 6.97. The van der Waals surface area contributed by atoms with E-state index in [9.17, 15) is 9.59 Å². The summed E-state index contributed by atoms with van der Waals surface area (Å²) in [4.78, 5) is 23.7. The van der Waals surface area contributed by atoms with Crippen molar-refractivity contribution in [2.75, 3.05) is 11.9 Å². The molecular weight excluding hydrogens is 320 g/mol. The molecule has 2 amide bonds. The average molecular weight is 336 g/mol. The zero-order valence-corrected chi connectivity index (χ0v) is 13.5. The lowest BCUT2D eigenvalue weighted by molar-refractivity contribution is -0.127. The van der Waals surface area contributed by atoms with Crippen LogP contribution < -0.4 is 10.6 Å². The highest BCUT2D eigenvalue weighted by molar-refractivity contribution is 7.19. The van der Waals surface area contributed by atoms with E-state index in [2.05, 4.69) is 20.8 Å². The topological polar surface area (TPSA) is 84.0 Å². The Kier molecular flexibility index (Phi) is 4.79. The molecule has 1 aliphatic rings. The van der Waals surface area contributed by atoms with Crippen molar-refractivity contribution in [1.29, 1.82) is 0 Å². The molecule has 0 aromatic carbocycles. The fourth-order valence-corrected chi connectivity index (χ4v) is 3.91. The zero-order chi connectivity index (χ0) is 15.4. The molecule has 0 atom stereocenters. The molecule has 2 aromatic heterocycles. The maximum Gasteiger partial charge on any atom is 0.245 e. The summed E-state index contributed by atoms with van der Waals surface area (Å²) in [5, 5.41) is 18.5. The van der Waals surface area contributed by atoms with Gasteiger partial charge in [-0.25, -0.2) is 0 Å². The van der Waals surface area contributed by atoms with Crippen molar-refractivity contribution in [1.82, 2.24) is 15.5 Å². The molecule has 0 radical (unpaired) electrons. The molecule has 0 aliphatic heterocycles. The number of carbonyl (C=O) groups is 2. The third-order valence-corrected chi connectivity index (χ3v) is 5.16. The van der Waals surface area contributed by atoms with E-state index in [1.165, 1.54) is 11.3 Å². The van der Waals surface area contributed by atoms with Crippen LogP contribution in [0.25, 0.3) is 10.6 Å². The number of rotatable bonds is 5. The van der Waals surface area contributed by atoms with Crippen molar-refractivity contribution in [3.8, 4) is 10.6 Å². The number of nitrogens with one attached hydrogen (secondary N) is 2. The number of nitrogens with zero attached hydrogens (tertiary/aromatic N) is 2. The SMILES string of the molecule is O=C(CNC(=O)C1CCCC1)Nc1nnc(-c2ccsc2)s1. The molecule has 6 nitrogen and oxygen atoms in total. The third kappa shape index (κ3) is 3.69. The molecule has 116 valence electrons. The van der Waals surface area contributed by atoms with E-state index in [1.807, 2.05) is 16.8 Å². The quantitative estimate of drug-likeness (QED) is 0.879. The Labute approximate surface area is 136 Å². The monoisotopic (exact) mass is 336 g/mol. The van der Waals surface area contributed by atoms with Crippen LogP contribution in [-0.2, 0) is 9.59 Å². The number of aromatic nitrogens is 2. The van der Waals surface area contributed by atoms with Crippen LogP contribution in [0.5, 0.6) is 0 Å². The molecule has 0 spiro atoms. The summed E-state index contributed by atoms with van der Waals surface area (Å²) in [7, 11) is 0. The first-order valence-electron chi connectivity index (χ1n) is 7.16. The van der Waals surface area contributed by atoms with E-state index in [-0.39, 0.29) is 24.3 Å². The van der Waals surface area contributed by atoms with Gasteiger partial charge >= 0.3 is 0 Å². The molecule has 2 N–H and O–H groups in total. The maximum absolute atomic E-state index is 11.8.